The van der Waals surface area contributed by atoms with Gasteiger partial charge >= 0.3 is 0 Å². The summed E-state index contributed by atoms with van der Waals surface area (Å²) in [5.41, 5.74) is 13.1. The summed E-state index contributed by atoms with van der Waals surface area (Å²) < 4.78 is 0. The van der Waals surface area contributed by atoms with E-state index in [1.165, 1.54) is 16.7 Å². The normalized spacial score (nSPS) is 12.5. The average Bonchev–Trinajstić information content (AvgIpc) is 2.50. The number of aromatic nitrogens is 2. The van der Waals surface area contributed by atoms with Crippen LogP contribution in [0.1, 0.15) is 28.3 Å². The Labute approximate surface area is 124 Å². The van der Waals surface area contributed by atoms with Gasteiger partial charge in [0.05, 0.1) is 11.0 Å². The van der Waals surface area contributed by atoms with Gasteiger partial charge in [-0.15, -0.1) is 0 Å². The number of rotatable bonds is 3. The van der Waals surface area contributed by atoms with Gasteiger partial charge in [0, 0.05) is 18.4 Å². The molecule has 1 heterocycles. The summed E-state index contributed by atoms with van der Waals surface area (Å²) in [4.78, 5) is 8.62. The van der Waals surface area contributed by atoms with E-state index >= 15 is 0 Å². The van der Waals surface area contributed by atoms with Crippen LogP contribution >= 0.6 is 0 Å². The number of nitrogens with two attached hydrogens (primary N) is 1. The molecular weight excluding hydrogens is 258 g/mol. The molecule has 0 spiro atoms. The van der Waals surface area contributed by atoms with E-state index in [9.17, 15) is 0 Å². The van der Waals surface area contributed by atoms with Crippen molar-refractivity contribution in [1.82, 2.24) is 9.97 Å². The minimum absolute atomic E-state index is 0.0292. The van der Waals surface area contributed by atoms with Crippen molar-refractivity contribution in [3.63, 3.8) is 0 Å². The molecule has 3 heteroatoms. The summed E-state index contributed by atoms with van der Waals surface area (Å²) in [6.07, 6.45) is 4.24. The number of hydrogen-bond acceptors (Lipinski definition) is 3. The number of hydrogen-bond donors (Lipinski definition) is 1. The zero-order valence-corrected chi connectivity index (χ0v) is 12.4. The first-order valence-electron chi connectivity index (χ1n) is 7.16. The average molecular weight is 277 g/mol. The molecule has 0 aliphatic carbocycles. The lowest BCUT2D eigenvalue weighted by atomic mass is 9.97. The van der Waals surface area contributed by atoms with Crippen molar-refractivity contribution in [1.29, 1.82) is 0 Å². The van der Waals surface area contributed by atoms with Gasteiger partial charge in [-0.05, 0) is 54.7 Å². The molecule has 3 nitrogen and oxygen atoms in total. The van der Waals surface area contributed by atoms with Crippen molar-refractivity contribution in [3.05, 3.63) is 71.0 Å². The fourth-order valence-corrected chi connectivity index (χ4v) is 2.51. The molecule has 106 valence electrons. The predicted molar refractivity (Wildman–Crippen MR) is 86.1 cm³/mol. The lowest BCUT2D eigenvalue weighted by Crippen LogP contribution is -2.13. The van der Waals surface area contributed by atoms with Crippen molar-refractivity contribution in [2.75, 3.05) is 0 Å². The molecule has 21 heavy (non-hydrogen) atoms. The molecule has 2 N–H and O–H groups in total. The highest BCUT2D eigenvalue weighted by Crippen LogP contribution is 2.20. The van der Waals surface area contributed by atoms with Gasteiger partial charge < -0.3 is 5.73 Å². The third-order valence-corrected chi connectivity index (χ3v) is 3.95. The van der Waals surface area contributed by atoms with Gasteiger partial charge in [-0.2, -0.15) is 0 Å². The Bertz CT molecular complexity index is 780. The van der Waals surface area contributed by atoms with E-state index in [0.717, 1.165) is 23.0 Å². The Hall–Kier alpha value is -2.26. The summed E-state index contributed by atoms with van der Waals surface area (Å²) in [5.74, 6) is 0. The second-order valence-corrected chi connectivity index (χ2v) is 5.53. The van der Waals surface area contributed by atoms with Crippen molar-refractivity contribution in [2.24, 2.45) is 5.73 Å². The van der Waals surface area contributed by atoms with Crippen LogP contribution in [0.2, 0.25) is 0 Å². The van der Waals surface area contributed by atoms with E-state index in [2.05, 4.69) is 42.0 Å². The molecular formula is C18H19N3. The van der Waals surface area contributed by atoms with Gasteiger partial charge in [-0.1, -0.05) is 24.3 Å². The van der Waals surface area contributed by atoms with Crippen LogP contribution in [0, 0.1) is 13.8 Å². The fraction of sp³-hybridized carbons (Fsp3) is 0.222. The van der Waals surface area contributed by atoms with E-state index in [0.29, 0.717) is 0 Å². The standard InChI is InChI=1S/C18H19N3/c1-12-3-4-14(9-13(12)2)10-16(19)15-5-6-17-18(11-15)21-8-7-20-17/h3-9,11,16H,10,19H2,1-2H3. The molecule has 1 unspecified atom stereocenters. The van der Waals surface area contributed by atoms with E-state index in [1.54, 1.807) is 12.4 Å². The summed E-state index contributed by atoms with van der Waals surface area (Å²) >= 11 is 0. The van der Waals surface area contributed by atoms with Gasteiger partial charge in [-0.3, -0.25) is 9.97 Å². The zero-order chi connectivity index (χ0) is 14.8. The first-order valence-corrected chi connectivity index (χ1v) is 7.16. The zero-order valence-electron chi connectivity index (χ0n) is 12.4. The van der Waals surface area contributed by atoms with Crippen LogP contribution in [0.25, 0.3) is 11.0 Å². The largest absolute Gasteiger partial charge is 0.324 e. The Morgan fingerprint density at radius 3 is 2.43 bits per heavy atom. The predicted octanol–water partition coefficient (Wildman–Crippen LogP) is 3.49. The highest BCUT2D eigenvalue weighted by molar-refractivity contribution is 5.74. The minimum atomic E-state index is -0.0292. The molecule has 0 bridgehead atoms. The highest BCUT2D eigenvalue weighted by atomic mass is 14.8. The van der Waals surface area contributed by atoms with Gasteiger partial charge in [-0.25, -0.2) is 0 Å². The summed E-state index contributed by atoms with van der Waals surface area (Å²) in [6.45, 7) is 4.26. The van der Waals surface area contributed by atoms with Crippen molar-refractivity contribution in [2.45, 2.75) is 26.3 Å². The van der Waals surface area contributed by atoms with Crippen LogP contribution in [0.5, 0.6) is 0 Å². The van der Waals surface area contributed by atoms with Gasteiger partial charge in [0.2, 0.25) is 0 Å². The maximum absolute atomic E-state index is 6.36. The van der Waals surface area contributed by atoms with E-state index in [1.807, 2.05) is 18.2 Å². The molecule has 1 aromatic heterocycles. The smallest absolute Gasteiger partial charge is 0.0890 e. The van der Waals surface area contributed by atoms with Crippen molar-refractivity contribution in [3.8, 4) is 0 Å². The van der Waals surface area contributed by atoms with Crippen LogP contribution < -0.4 is 5.73 Å². The third-order valence-electron chi connectivity index (χ3n) is 3.95. The quantitative estimate of drug-likeness (QED) is 0.797. The molecule has 2 aromatic carbocycles. The van der Waals surface area contributed by atoms with E-state index in [4.69, 9.17) is 5.73 Å². The number of nitrogens with zero attached hydrogens (tertiary/aromatic N) is 2. The molecule has 0 amide bonds. The monoisotopic (exact) mass is 277 g/mol. The second-order valence-electron chi connectivity index (χ2n) is 5.53. The van der Waals surface area contributed by atoms with Crippen LogP contribution in [-0.2, 0) is 6.42 Å². The van der Waals surface area contributed by atoms with Crippen LogP contribution in [-0.4, -0.2) is 9.97 Å². The molecule has 0 fully saturated rings. The lowest BCUT2D eigenvalue weighted by Gasteiger charge is -2.13. The molecule has 1 atom stereocenters. The van der Waals surface area contributed by atoms with Gasteiger partial charge in [0.1, 0.15) is 0 Å². The number of benzene rings is 2. The molecule has 3 rings (SSSR count). The minimum Gasteiger partial charge on any atom is -0.324 e. The highest BCUT2D eigenvalue weighted by Gasteiger charge is 2.09. The van der Waals surface area contributed by atoms with Crippen molar-refractivity contribution < 1.29 is 0 Å². The summed E-state index contributed by atoms with van der Waals surface area (Å²) in [6, 6.07) is 12.6. The third kappa shape index (κ3) is 2.93. The lowest BCUT2D eigenvalue weighted by molar-refractivity contribution is 0.722. The maximum atomic E-state index is 6.36. The second kappa shape index (κ2) is 5.62. The topological polar surface area (TPSA) is 51.8 Å². The van der Waals surface area contributed by atoms with Crippen LogP contribution in [0.15, 0.2) is 48.8 Å². The molecule has 0 radical (unpaired) electrons. The Morgan fingerprint density at radius 2 is 1.67 bits per heavy atom. The molecule has 0 saturated heterocycles. The number of aryl methyl sites for hydroxylation is 2. The van der Waals surface area contributed by atoms with E-state index in [-0.39, 0.29) is 6.04 Å². The molecule has 0 aliphatic heterocycles. The molecule has 0 aliphatic rings. The Morgan fingerprint density at radius 1 is 0.905 bits per heavy atom. The van der Waals surface area contributed by atoms with Crippen LogP contribution in [0.4, 0.5) is 0 Å². The summed E-state index contributed by atoms with van der Waals surface area (Å²) in [7, 11) is 0. The SMILES string of the molecule is Cc1ccc(CC(N)c2ccc3nccnc3c2)cc1C. The molecule has 0 saturated carbocycles. The van der Waals surface area contributed by atoms with E-state index < -0.39 is 0 Å². The first-order chi connectivity index (χ1) is 10.1. The Kier molecular flexibility index (Phi) is 3.67. The Balaban J connectivity index is 1.85. The van der Waals surface area contributed by atoms with Gasteiger partial charge in [0.15, 0.2) is 0 Å². The summed E-state index contributed by atoms with van der Waals surface area (Å²) in [5, 5.41) is 0. The maximum Gasteiger partial charge on any atom is 0.0890 e. The first kappa shape index (κ1) is 13.7. The number of fused-ring (bicyclic) bond motifs is 1. The van der Waals surface area contributed by atoms with Crippen LogP contribution in [0.3, 0.4) is 0 Å². The molecule has 3 aromatic rings. The van der Waals surface area contributed by atoms with Crippen molar-refractivity contribution >= 4 is 11.0 Å². The fourth-order valence-electron chi connectivity index (χ4n) is 2.51. The van der Waals surface area contributed by atoms with Gasteiger partial charge in [0.25, 0.3) is 0 Å².